The number of carboxylic acid groups (broad SMARTS) is 2. The molecular weight excluding hydrogens is 524 g/mol. The predicted octanol–water partition coefficient (Wildman–Crippen LogP) is 4.08. The Hall–Kier alpha value is -4.73. The molecule has 0 aromatic heterocycles. The summed E-state index contributed by atoms with van der Waals surface area (Å²) in [6.45, 7) is 0.248. The fourth-order valence-electron chi connectivity index (χ4n) is 4.73. The highest BCUT2D eigenvalue weighted by Gasteiger charge is 2.20. The number of aldehydes is 1. The van der Waals surface area contributed by atoms with Gasteiger partial charge in [-0.1, -0.05) is 60.7 Å². The van der Waals surface area contributed by atoms with Crippen LogP contribution in [0.5, 0.6) is 11.5 Å². The lowest BCUT2D eigenvalue weighted by Crippen LogP contribution is -2.30. The lowest BCUT2D eigenvalue weighted by molar-refractivity contribution is -0.139. The Bertz CT molecular complexity index is 1410. The van der Waals surface area contributed by atoms with Gasteiger partial charge in [0.05, 0.1) is 0 Å². The molecule has 6 rings (SSSR count). The molecule has 0 bridgehead atoms. The number of carbonyl (C=O) groups is 3. The Balaban J connectivity index is 0.000000144. The Morgan fingerprint density at radius 2 is 1.24 bits per heavy atom. The molecule has 1 heterocycles. The Morgan fingerprint density at radius 1 is 0.756 bits per heavy atom. The Labute approximate surface area is 237 Å². The lowest BCUT2D eigenvalue weighted by Gasteiger charge is -2.08. The first-order valence-electron chi connectivity index (χ1n) is 13.1. The monoisotopic (exact) mass is 556 g/mol. The molecule has 0 unspecified atom stereocenters. The van der Waals surface area contributed by atoms with Gasteiger partial charge in [-0.15, -0.1) is 0 Å². The molecule has 6 N–H and O–H groups in total. The van der Waals surface area contributed by atoms with Gasteiger partial charge in [-0.05, 0) is 77.3 Å². The second-order valence-electron chi connectivity index (χ2n) is 9.71. The van der Waals surface area contributed by atoms with Gasteiger partial charge >= 0.3 is 11.9 Å². The van der Waals surface area contributed by atoms with Crippen molar-refractivity contribution >= 4 is 29.4 Å². The molecule has 212 valence electrons. The van der Waals surface area contributed by atoms with Crippen molar-refractivity contribution in [2.75, 3.05) is 6.79 Å². The Morgan fingerprint density at radius 3 is 1.73 bits per heavy atom. The summed E-state index contributed by atoms with van der Waals surface area (Å²) in [5, 5.41) is 17.5. The van der Waals surface area contributed by atoms with Gasteiger partial charge in [0.25, 0.3) is 0 Å². The van der Waals surface area contributed by atoms with E-state index in [1.165, 1.54) is 11.1 Å². The molecule has 0 amide bonds. The van der Waals surface area contributed by atoms with Crippen LogP contribution in [0.1, 0.15) is 45.5 Å². The topological polar surface area (TPSA) is 162 Å². The van der Waals surface area contributed by atoms with E-state index in [0.717, 1.165) is 41.4 Å². The summed E-state index contributed by atoms with van der Waals surface area (Å²) in [6, 6.07) is 19.5. The molecule has 0 fully saturated rings. The van der Waals surface area contributed by atoms with Crippen LogP contribution in [0, 0.1) is 0 Å². The molecule has 2 atom stereocenters. The molecule has 3 aliphatic rings. The van der Waals surface area contributed by atoms with Crippen LogP contribution in [0.2, 0.25) is 0 Å². The average Bonchev–Trinajstić information content (AvgIpc) is 3.72. The first-order valence-corrected chi connectivity index (χ1v) is 13.1. The van der Waals surface area contributed by atoms with Crippen LogP contribution in [0.3, 0.4) is 0 Å². The fraction of sp³-hybridized carbons (Fsp3) is 0.219. The van der Waals surface area contributed by atoms with Gasteiger partial charge in [-0.3, -0.25) is 14.4 Å². The summed E-state index contributed by atoms with van der Waals surface area (Å²) in [5.41, 5.74) is 18.5. The van der Waals surface area contributed by atoms with Crippen LogP contribution in [-0.2, 0) is 22.4 Å². The maximum absolute atomic E-state index is 10.6. The van der Waals surface area contributed by atoms with Crippen molar-refractivity contribution in [1.29, 1.82) is 0 Å². The minimum atomic E-state index is -0.944. The molecule has 9 nitrogen and oxygen atoms in total. The SMILES string of the molecule is N[C@@H](CC1=CCc2ccccc21)C(=O)O.N[C@H](CC1=CCc2ccccc21)C(=O)O.O=Cc1ccc2c(c1)OCO2. The van der Waals surface area contributed by atoms with E-state index < -0.39 is 24.0 Å². The van der Waals surface area contributed by atoms with Crippen molar-refractivity contribution in [3.8, 4) is 11.5 Å². The van der Waals surface area contributed by atoms with Crippen LogP contribution in [0.4, 0.5) is 0 Å². The molecule has 3 aromatic rings. The van der Waals surface area contributed by atoms with Gasteiger partial charge in [0.1, 0.15) is 18.4 Å². The molecule has 0 saturated heterocycles. The van der Waals surface area contributed by atoms with E-state index >= 15 is 0 Å². The third kappa shape index (κ3) is 7.47. The summed E-state index contributed by atoms with van der Waals surface area (Å²) >= 11 is 0. The van der Waals surface area contributed by atoms with E-state index in [9.17, 15) is 14.4 Å². The molecular formula is C32H32N2O7. The quantitative estimate of drug-likeness (QED) is 0.314. The lowest BCUT2D eigenvalue weighted by atomic mass is 10.0. The normalized spacial score (nSPS) is 15.0. The van der Waals surface area contributed by atoms with E-state index in [1.54, 1.807) is 18.2 Å². The maximum atomic E-state index is 10.6. The largest absolute Gasteiger partial charge is 0.480 e. The number of benzene rings is 3. The van der Waals surface area contributed by atoms with E-state index in [2.05, 4.69) is 24.3 Å². The van der Waals surface area contributed by atoms with Crippen molar-refractivity contribution in [2.24, 2.45) is 11.5 Å². The van der Waals surface area contributed by atoms with Crippen LogP contribution in [0.25, 0.3) is 11.1 Å². The molecule has 0 spiro atoms. The van der Waals surface area contributed by atoms with E-state index in [4.69, 9.17) is 31.2 Å². The number of ether oxygens (including phenoxy) is 2. The van der Waals surface area contributed by atoms with Gasteiger partial charge < -0.3 is 31.2 Å². The highest BCUT2D eigenvalue weighted by molar-refractivity contribution is 5.81. The average molecular weight is 557 g/mol. The van der Waals surface area contributed by atoms with Crippen molar-refractivity contribution < 1.29 is 34.1 Å². The third-order valence-electron chi connectivity index (χ3n) is 6.91. The van der Waals surface area contributed by atoms with Crippen LogP contribution >= 0.6 is 0 Å². The number of carbonyl (C=O) groups excluding carboxylic acids is 1. The minimum absolute atomic E-state index is 0.248. The zero-order valence-electron chi connectivity index (χ0n) is 22.4. The van der Waals surface area contributed by atoms with Crippen LogP contribution < -0.4 is 20.9 Å². The first kappa shape index (κ1) is 29.3. The van der Waals surface area contributed by atoms with Crippen LogP contribution in [0.15, 0.2) is 78.9 Å². The van der Waals surface area contributed by atoms with Gasteiger partial charge in [0, 0.05) is 5.56 Å². The number of hydrogen-bond acceptors (Lipinski definition) is 7. The number of allylic oxidation sites excluding steroid dienone is 2. The van der Waals surface area contributed by atoms with Gasteiger partial charge in [0.15, 0.2) is 11.5 Å². The summed E-state index contributed by atoms with van der Waals surface area (Å²) in [7, 11) is 0. The van der Waals surface area contributed by atoms with Gasteiger partial charge in [-0.25, -0.2) is 0 Å². The molecule has 9 heteroatoms. The predicted molar refractivity (Wildman–Crippen MR) is 155 cm³/mol. The minimum Gasteiger partial charge on any atom is -0.480 e. The standard InChI is InChI=1S/2C12H13NO2.C8H6O3/c2*13-11(12(14)15)7-9-6-5-8-3-1-2-4-10(8)9;9-4-6-1-2-7-8(3-6)11-5-10-7/h2*1-4,6,11H,5,7,13H2,(H,14,15);1-4H,5H2/t2*11-;/m10./s1. The van der Waals surface area contributed by atoms with E-state index in [-0.39, 0.29) is 6.79 Å². The summed E-state index contributed by atoms with van der Waals surface area (Å²) in [6.07, 6.45) is 7.50. The molecule has 2 aliphatic carbocycles. The Kier molecular flexibility index (Phi) is 9.68. The highest BCUT2D eigenvalue weighted by Crippen LogP contribution is 2.32. The van der Waals surface area contributed by atoms with E-state index in [1.807, 2.05) is 36.4 Å². The molecule has 0 radical (unpaired) electrons. The van der Waals surface area contributed by atoms with Crippen molar-refractivity contribution in [3.05, 3.63) is 107 Å². The highest BCUT2D eigenvalue weighted by atomic mass is 16.7. The zero-order valence-corrected chi connectivity index (χ0v) is 22.4. The second-order valence-corrected chi connectivity index (χ2v) is 9.71. The smallest absolute Gasteiger partial charge is 0.320 e. The number of nitrogens with two attached hydrogens (primary N) is 2. The number of aliphatic carboxylic acids is 2. The fourth-order valence-corrected chi connectivity index (χ4v) is 4.73. The van der Waals surface area contributed by atoms with Gasteiger partial charge in [-0.2, -0.15) is 0 Å². The van der Waals surface area contributed by atoms with Crippen molar-refractivity contribution in [2.45, 2.75) is 37.8 Å². The third-order valence-corrected chi connectivity index (χ3v) is 6.91. The number of fused-ring (bicyclic) bond motifs is 3. The van der Waals surface area contributed by atoms with Crippen LogP contribution in [-0.4, -0.2) is 47.3 Å². The molecule has 0 saturated carbocycles. The van der Waals surface area contributed by atoms with Crippen molar-refractivity contribution in [1.82, 2.24) is 0 Å². The second kappa shape index (κ2) is 13.6. The summed E-state index contributed by atoms with van der Waals surface area (Å²) in [4.78, 5) is 31.6. The summed E-state index contributed by atoms with van der Waals surface area (Å²) < 4.78 is 10.1. The first-order chi connectivity index (χ1) is 19.8. The van der Waals surface area contributed by atoms with Gasteiger partial charge in [0.2, 0.25) is 6.79 Å². The maximum Gasteiger partial charge on any atom is 0.320 e. The number of carboxylic acids is 2. The van der Waals surface area contributed by atoms with Crippen molar-refractivity contribution in [3.63, 3.8) is 0 Å². The molecule has 41 heavy (non-hydrogen) atoms. The summed E-state index contributed by atoms with van der Waals surface area (Å²) in [5.74, 6) is -0.536. The molecule has 3 aromatic carbocycles. The van der Waals surface area contributed by atoms with E-state index in [0.29, 0.717) is 29.9 Å². The number of hydrogen-bond donors (Lipinski definition) is 4. The zero-order chi connectivity index (χ0) is 29.4. The molecule has 1 aliphatic heterocycles. The number of rotatable bonds is 7.